The molecule has 2 aromatic rings. The average molecular weight is 247 g/mol. The molecule has 0 aromatic carbocycles. The van der Waals surface area contributed by atoms with Crippen LogP contribution in [0.1, 0.15) is 26.3 Å². The van der Waals surface area contributed by atoms with Crippen molar-refractivity contribution in [2.75, 3.05) is 6.61 Å². The van der Waals surface area contributed by atoms with Crippen LogP contribution in [-0.4, -0.2) is 21.8 Å². The van der Waals surface area contributed by atoms with Gasteiger partial charge in [-0.05, 0) is 38.5 Å². The van der Waals surface area contributed by atoms with Gasteiger partial charge in [0.25, 0.3) is 0 Å². The third kappa shape index (κ3) is 2.89. The molecular formula is C14H21N3O. The van der Waals surface area contributed by atoms with Crippen molar-refractivity contribution >= 4 is 11.0 Å². The summed E-state index contributed by atoms with van der Waals surface area (Å²) in [4.78, 5) is 4.42. The molecule has 0 amide bonds. The van der Waals surface area contributed by atoms with Crippen LogP contribution in [0.3, 0.4) is 0 Å². The van der Waals surface area contributed by atoms with Crippen molar-refractivity contribution in [3.63, 3.8) is 0 Å². The summed E-state index contributed by atoms with van der Waals surface area (Å²) in [7, 11) is 0. The Bertz CT molecular complexity index is 525. The smallest absolute Gasteiger partial charge is 0.140 e. The highest BCUT2D eigenvalue weighted by atomic mass is 16.5. The fourth-order valence-corrected chi connectivity index (χ4v) is 1.98. The molecule has 0 saturated heterocycles. The van der Waals surface area contributed by atoms with Gasteiger partial charge in [0, 0.05) is 30.9 Å². The summed E-state index contributed by atoms with van der Waals surface area (Å²) in [5.41, 5.74) is 7.77. The summed E-state index contributed by atoms with van der Waals surface area (Å²) < 4.78 is 7.86. The lowest BCUT2D eigenvalue weighted by atomic mass is 10.2. The molecule has 0 aliphatic carbocycles. The lowest BCUT2D eigenvalue weighted by molar-refractivity contribution is -0.00649. The van der Waals surface area contributed by atoms with Crippen LogP contribution in [-0.2, 0) is 17.8 Å². The molecule has 4 nitrogen and oxygen atoms in total. The van der Waals surface area contributed by atoms with E-state index < -0.39 is 0 Å². The van der Waals surface area contributed by atoms with E-state index in [1.54, 1.807) is 0 Å². The van der Waals surface area contributed by atoms with Crippen LogP contribution < -0.4 is 5.73 Å². The molecule has 0 spiro atoms. The summed E-state index contributed by atoms with van der Waals surface area (Å²) in [6, 6.07) is 4.00. The van der Waals surface area contributed by atoms with Crippen LogP contribution in [0.4, 0.5) is 0 Å². The van der Waals surface area contributed by atoms with Gasteiger partial charge >= 0.3 is 0 Å². The second-order valence-corrected chi connectivity index (χ2v) is 5.39. The van der Waals surface area contributed by atoms with Crippen molar-refractivity contribution in [2.45, 2.75) is 39.5 Å². The molecule has 0 radical (unpaired) electrons. The van der Waals surface area contributed by atoms with Gasteiger partial charge in [-0.3, -0.25) is 0 Å². The van der Waals surface area contributed by atoms with Gasteiger partial charge in [0.15, 0.2) is 0 Å². The first kappa shape index (κ1) is 13.1. The third-order valence-electron chi connectivity index (χ3n) is 2.80. The van der Waals surface area contributed by atoms with Gasteiger partial charge in [0.2, 0.25) is 0 Å². The number of aromatic nitrogens is 2. The number of nitrogens with zero attached hydrogens (tertiary/aromatic N) is 2. The zero-order chi connectivity index (χ0) is 13.2. The fraction of sp³-hybridized carbons (Fsp3) is 0.500. The maximum atomic E-state index is 5.75. The minimum atomic E-state index is -0.104. The van der Waals surface area contributed by atoms with E-state index >= 15 is 0 Å². The van der Waals surface area contributed by atoms with Gasteiger partial charge in [-0.25, -0.2) is 4.98 Å². The van der Waals surface area contributed by atoms with Crippen LogP contribution in [0.5, 0.6) is 0 Å². The third-order valence-corrected chi connectivity index (χ3v) is 2.80. The molecule has 4 heteroatoms. The number of nitrogens with two attached hydrogens (primary N) is 1. The first-order valence-corrected chi connectivity index (χ1v) is 6.28. The summed E-state index contributed by atoms with van der Waals surface area (Å²) in [5, 5.41) is 1.13. The Balaban J connectivity index is 2.18. The fourth-order valence-electron chi connectivity index (χ4n) is 1.98. The Morgan fingerprint density at radius 1 is 1.39 bits per heavy atom. The van der Waals surface area contributed by atoms with Crippen molar-refractivity contribution < 1.29 is 4.74 Å². The van der Waals surface area contributed by atoms with Gasteiger partial charge < -0.3 is 15.0 Å². The number of rotatable bonds is 4. The Morgan fingerprint density at radius 2 is 2.17 bits per heavy atom. The zero-order valence-corrected chi connectivity index (χ0v) is 11.3. The molecule has 0 saturated carbocycles. The van der Waals surface area contributed by atoms with E-state index in [4.69, 9.17) is 10.5 Å². The first-order valence-electron chi connectivity index (χ1n) is 6.28. The Hall–Kier alpha value is -1.39. The predicted molar refractivity (Wildman–Crippen MR) is 73.3 cm³/mol. The lowest BCUT2D eigenvalue weighted by Crippen LogP contribution is -2.21. The van der Waals surface area contributed by atoms with Crippen molar-refractivity contribution in [1.82, 2.24) is 9.55 Å². The Morgan fingerprint density at radius 3 is 2.83 bits per heavy atom. The molecule has 0 aliphatic rings. The minimum Gasteiger partial charge on any atom is -0.374 e. The summed E-state index contributed by atoms with van der Waals surface area (Å²) in [6.45, 7) is 8.19. The van der Waals surface area contributed by atoms with Crippen LogP contribution in [0.25, 0.3) is 11.0 Å². The molecule has 0 aliphatic heterocycles. The molecule has 98 valence electrons. The molecule has 0 atom stereocenters. The van der Waals surface area contributed by atoms with Crippen LogP contribution >= 0.6 is 0 Å². The maximum Gasteiger partial charge on any atom is 0.140 e. The zero-order valence-electron chi connectivity index (χ0n) is 11.3. The summed E-state index contributed by atoms with van der Waals surface area (Å²) in [6.07, 6.45) is 3.88. The van der Waals surface area contributed by atoms with Gasteiger partial charge in [-0.1, -0.05) is 0 Å². The Labute approximate surface area is 108 Å². The van der Waals surface area contributed by atoms with Gasteiger partial charge in [-0.2, -0.15) is 0 Å². The van der Waals surface area contributed by atoms with E-state index in [-0.39, 0.29) is 5.60 Å². The lowest BCUT2D eigenvalue weighted by Gasteiger charge is -2.19. The van der Waals surface area contributed by atoms with E-state index in [2.05, 4.69) is 42.6 Å². The average Bonchev–Trinajstić information content (AvgIpc) is 2.66. The Kier molecular flexibility index (Phi) is 3.68. The molecule has 2 N–H and O–H groups in total. The molecular weight excluding hydrogens is 226 g/mol. The maximum absolute atomic E-state index is 5.75. The molecule has 0 fully saturated rings. The van der Waals surface area contributed by atoms with E-state index in [9.17, 15) is 0 Å². The van der Waals surface area contributed by atoms with Crippen LogP contribution in [0, 0.1) is 0 Å². The van der Waals surface area contributed by atoms with E-state index in [1.165, 1.54) is 0 Å². The molecule has 2 rings (SSSR count). The summed E-state index contributed by atoms with van der Waals surface area (Å²) in [5.74, 6) is 0. The second kappa shape index (κ2) is 5.08. The number of hydrogen-bond donors (Lipinski definition) is 1. The summed E-state index contributed by atoms with van der Waals surface area (Å²) >= 11 is 0. The second-order valence-electron chi connectivity index (χ2n) is 5.39. The molecule has 2 aromatic heterocycles. The predicted octanol–water partition coefficient (Wildman–Crippen LogP) is 2.31. The molecule has 18 heavy (non-hydrogen) atoms. The van der Waals surface area contributed by atoms with E-state index in [1.807, 2.05) is 12.3 Å². The van der Waals surface area contributed by atoms with Gasteiger partial charge in [0.05, 0.1) is 12.2 Å². The van der Waals surface area contributed by atoms with Crippen molar-refractivity contribution in [3.8, 4) is 0 Å². The van der Waals surface area contributed by atoms with Crippen molar-refractivity contribution in [2.24, 2.45) is 5.73 Å². The first-order chi connectivity index (χ1) is 8.51. The van der Waals surface area contributed by atoms with Crippen LogP contribution in [0.2, 0.25) is 0 Å². The van der Waals surface area contributed by atoms with E-state index in [0.717, 1.165) is 23.1 Å². The largest absolute Gasteiger partial charge is 0.374 e. The van der Waals surface area contributed by atoms with Gasteiger partial charge in [0.1, 0.15) is 5.65 Å². The van der Waals surface area contributed by atoms with Crippen LogP contribution in [0.15, 0.2) is 24.5 Å². The number of hydrogen-bond acceptors (Lipinski definition) is 3. The van der Waals surface area contributed by atoms with Crippen molar-refractivity contribution in [1.29, 1.82) is 0 Å². The topological polar surface area (TPSA) is 53.1 Å². The highest BCUT2D eigenvalue weighted by Crippen LogP contribution is 2.19. The quantitative estimate of drug-likeness (QED) is 0.902. The SMILES string of the molecule is CC(C)(C)OCCn1cc(CN)c2cccnc21. The highest BCUT2D eigenvalue weighted by molar-refractivity contribution is 5.80. The number of pyridine rings is 1. The molecule has 0 unspecified atom stereocenters. The minimum absolute atomic E-state index is 0.104. The molecule has 2 heterocycles. The normalized spacial score (nSPS) is 12.2. The number of fused-ring (bicyclic) bond motifs is 1. The van der Waals surface area contributed by atoms with Gasteiger partial charge in [-0.15, -0.1) is 0 Å². The standard InChI is InChI=1S/C14H21N3O/c1-14(2,3)18-8-7-17-10-11(9-15)12-5-4-6-16-13(12)17/h4-6,10H,7-9,15H2,1-3H3. The monoisotopic (exact) mass is 247 g/mol. The van der Waals surface area contributed by atoms with E-state index in [0.29, 0.717) is 13.2 Å². The highest BCUT2D eigenvalue weighted by Gasteiger charge is 2.11. The van der Waals surface area contributed by atoms with Crippen molar-refractivity contribution in [3.05, 3.63) is 30.1 Å². The number of ether oxygens (including phenoxy) is 1. The molecule has 0 bridgehead atoms.